The lowest BCUT2D eigenvalue weighted by atomic mass is 9.92. The number of pyridine rings is 2. The Balaban J connectivity index is 1.09. The molecule has 0 radical (unpaired) electrons. The van der Waals surface area contributed by atoms with Crippen LogP contribution in [0.4, 0.5) is 5.69 Å². The predicted molar refractivity (Wildman–Crippen MR) is 262 cm³/mol. The molecule has 16 nitrogen and oxygen atoms in total. The fraction of sp³-hybridized carbons (Fsp3) is 0.278. The van der Waals surface area contributed by atoms with Crippen molar-refractivity contribution in [3.05, 3.63) is 164 Å². The molecule has 5 N–H and O–H groups in total. The summed E-state index contributed by atoms with van der Waals surface area (Å²) in [5.74, 6) is -1.18. The van der Waals surface area contributed by atoms with Crippen LogP contribution in [0.25, 0.3) is 11.1 Å². The molecule has 0 saturated carbocycles. The van der Waals surface area contributed by atoms with Crippen LogP contribution in [0.5, 0.6) is 17.2 Å². The zero-order valence-corrected chi connectivity index (χ0v) is 39.6. The van der Waals surface area contributed by atoms with E-state index in [9.17, 15) is 35.1 Å². The van der Waals surface area contributed by atoms with E-state index >= 15 is 0 Å². The number of carbonyl (C=O) groups is 3. The number of carboxylic acid groups (broad SMARTS) is 2. The molecular formula is C54H51ClN6O10. The van der Waals surface area contributed by atoms with Crippen LogP contribution in [0.15, 0.2) is 104 Å². The second kappa shape index (κ2) is 24.1. The standard InChI is InChI=1S/C54H51ClN6O10/c1-33-41(32-71-51-21-50(70-31-37-16-35(23-57)25-59-27-37)38(17-47(51)55)5-2-7-42(62)19-52(64)65)6-3-8-44(33)45-9-4-10-48-46(45)13-14-61(48)54(68)39-11-12-40(28-60-29-43(63)20-53(66)67)49(18-39)69-30-36-15-34(22-56)24-58-26-36/h3-4,6,8-12,15-18,21,24-27,42-43,60,62-63H,2,5,7,13-14,19-20,28-32H2,1H3,(H,64,65)(H,66,67)/t42-,43+/m1/s1. The molecular weight excluding hydrogens is 928 g/mol. The van der Waals surface area contributed by atoms with E-state index in [4.69, 9.17) is 36.0 Å². The highest BCUT2D eigenvalue weighted by molar-refractivity contribution is 6.32. The molecule has 71 heavy (non-hydrogen) atoms. The molecule has 0 spiro atoms. The molecule has 0 bridgehead atoms. The molecule has 6 aromatic rings. The third-order valence-electron chi connectivity index (χ3n) is 12.0. The molecule has 0 unspecified atom stereocenters. The predicted octanol–water partition coefficient (Wildman–Crippen LogP) is 7.87. The number of aliphatic carboxylic acids is 2. The number of aliphatic hydroxyl groups excluding tert-OH is 2. The summed E-state index contributed by atoms with van der Waals surface area (Å²) in [6.45, 7) is 3.02. The Hall–Kier alpha value is -7.86. The van der Waals surface area contributed by atoms with E-state index in [-0.39, 0.29) is 51.7 Å². The molecule has 2 aromatic heterocycles. The highest BCUT2D eigenvalue weighted by Gasteiger charge is 2.29. The average Bonchev–Trinajstić information content (AvgIpc) is 3.80. The molecule has 1 amide bonds. The van der Waals surface area contributed by atoms with E-state index < -0.39 is 30.6 Å². The maximum atomic E-state index is 14.4. The number of carboxylic acids is 2. The zero-order valence-electron chi connectivity index (χ0n) is 38.8. The number of aliphatic hydroxyl groups is 2. The molecule has 0 aliphatic carbocycles. The van der Waals surface area contributed by atoms with Crippen LogP contribution in [0, 0.1) is 29.6 Å². The van der Waals surface area contributed by atoms with Gasteiger partial charge in [-0.25, -0.2) is 0 Å². The number of rotatable bonds is 23. The minimum absolute atomic E-state index is 0.0243. The molecule has 364 valence electrons. The maximum absolute atomic E-state index is 14.4. The van der Waals surface area contributed by atoms with Gasteiger partial charge in [0.15, 0.2) is 0 Å². The van der Waals surface area contributed by atoms with E-state index in [2.05, 4.69) is 27.4 Å². The summed E-state index contributed by atoms with van der Waals surface area (Å²) >= 11 is 6.83. The number of hydrogen-bond donors (Lipinski definition) is 5. The van der Waals surface area contributed by atoms with Gasteiger partial charge in [-0.05, 0) is 102 Å². The summed E-state index contributed by atoms with van der Waals surface area (Å²) in [6, 6.07) is 28.0. The largest absolute Gasteiger partial charge is 0.488 e. The number of aryl methyl sites for hydroxylation is 1. The van der Waals surface area contributed by atoms with Crippen molar-refractivity contribution >= 4 is 35.1 Å². The molecule has 0 fully saturated rings. The van der Waals surface area contributed by atoms with Gasteiger partial charge in [-0.15, -0.1) is 0 Å². The van der Waals surface area contributed by atoms with Crippen LogP contribution in [0.2, 0.25) is 5.02 Å². The SMILES string of the molecule is Cc1c(COc2cc(OCc3cncc(C#N)c3)c(CCC[C@@H](O)CC(=O)O)cc2Cl)cccc1-c1cccc2c1CCN2C(=O)c1ccc(CNC[C@@H](O)CC(=O)O)c(OCc2cncc(C#N)c2)c1. The molecule has 7 rings (SSSR count). The number of fused-ring (bicyclic) bond motifs is 1. The van der Waals surface area contributed by atoms with E-state index in [1.807, 2.05) is 43.3 Å². The van der Waals surface area contributed by atoms with Gasteiger partial charge in [-0.1, -0.05) is 48.0 Å². The van der Waals surface area contributed by atoms with Gasteiger partial charge in [0.05, 0.1) is 41.2 Å². The van der Waals surface area contributed by atoms with Crippen molar-refractivity contribution in [2.45, 2.75) is 84.0 Å². The summed E-state index contributed by atoms with van der Waals surface area (Å²) in [5, 5.41) is 60.5. The lowest BCUT2D eigenvalue weighted by Crippen LogP contribution is -2.29. The number of nitriles is 2. The van der Waals surface area contributed by atoms with Crippen LogP contribution < -0.4 is 24.4 Å². The van der Waals surface area contributed by atoms with Crippen molar-refractivity contribution in [2.75, 3.05) is 18.0 Å². The van der Waals surface area contributed by atoms with Crippen LogP contribution in [-0.4, -0.2) is 73.5 Å². The van der Waals surface area contributed by atoms with Gasteiger partial charge in [0.1, 0.15) is 49.2 Å². The summed E-state index contributed by atoms with van der Waals surface area (Å²) in [6.07, 6.45) is 5.04. The minimum Gasteiger partial charge on any atom is -0.488 e. The number of hydrogen-bond acceptors (Lipinski definition) is 13. The first-order valence-electron chi connectivity index (χ1n) is 22.8. The number of aromatic nitrogens is 2. The normalized spacial score (nSPS) is 12.6. The highest BCUT2D eigenvalue weighted by atomic mass is 35.5. The summed E-state index contributed by atoms with van der Waals surface area (Å²) in [7, 11) is 0. The van der Waals surface area contributed by atoms with Crippen molar-refractivity contribution in [3.63, 3.8) is 0 Å². The number of anilines is 1. The summed E-state index contributed by atoms with van der Waals surface area (Å²) in [5.41, 5.74) is 9.48. The monoisotopic (exact) mass is 978 g/mol. The fourth-order valence-corrected chi connectivity index (χ4v) is 8.62. The number of nitrogens with zero attached hydrogens (tertiary/aromatic N) is 5. The van der Waals surface area contributed by atoms with Crippen molar-refractivity contribution in [3.8, 4) is 40.5 Å². The first-order valence-corrected chi connectivity index (χ1v) is 23.2. The molecule has 0 saturated heterocycles. The number of benzene rings is 4. The van der Waals surface area contributed by atoms with Gasteiger partial charge in [0.2, 0.25) is 0 Å². The van der Waals surface area contributed by atoms with Gasteiger partial charge in [-0.2, -0.15) is 10.5 Å². The van der Waals surface area contributed by atoms with Crippen molar-refractivity contribution in [1.82, 2.24) is 15.3 Å². The van der Waals surface area contributed by atoms with E-state index in [1.54, 1.807) is 59.8 Å². The summed E-state index contributed by atoms with van der Waals surface area (Å²) in [4.78, 5) is 46.5. The number of carbonyl (C=O) groups excluding carboxylic acids is 1. The van der Waals surface area contributed by atoms with Crippen LogP contribution in [-0.2, 0) is 48.8 Å². The van der Waals surface area contributed by atoms with Crippen molar-refractivity contribution in [2.24, 2.45) is 0 Å². The van der Waals surface area contributed by atoms with Crippen molar-refractivity contribution < 1.29 is 49.0 Å². The Morgan fingerprint density at radius 3 is 2.06 bits per heavy atom. The fourth-order valence-electron chi connectivity index (χ4n) is 8.38. The molecule has 4 aromatic carbocycles. The Morgan fingerprint density at radius 2 is 1.38 bits per heavy atom. The molecule has 1 aliphatic rings. The Morgan fingerprint density at radius 1 is 0.746 bits per heavy atom. The van der Waals surface area contributed by atoms with E-state index in [0.717, 1.165) is 39.1 Å². The second-order valence-electron chi connectivity index (χ2n) is 17.1. The number of ether oxygens (including phenoxy) is 3. The highest BCUT2D eigenvalue weighted by Crippen LogP contribution is 2.40. The van der Waals surface area contributed by atoms with Gasteiger partial charge >= 0.3 is 11.9 Å². The Bertz CT molecular complexity index is 3010. The maximum Gasteiger partial charge on any atom is 0.306 e. The minimum atomic E-state index is -1.11. The zero-order chi connectivity index (χ0) is 50.4. The van der Waals surface area contributed by atoms with Crippen LogP contribution in [0.1, 0.15) is 86.1 Å². The molecule has 17 heteroatoms. The van der Waals surface area contributed by atoms with Gasteiger partial charge in [-0.3, -0.25) is 24.4 Å². The van der Waals surface area contributed by atoms with Crippen LogP contribution >= 0.6 is 11.6 Å². The average molecular weight is 979 g/mol. The molecule has 2 atom stereocenters. The van der Waals surface area contributed by atoms with E-state index in [1.165, 1.54) is 12.4 Å². The summed E-state index contributed by atoms with van der Waals surface area (Å²) < 4.78 is 18.9. The smallest absolute Gasteiger partial charge is 0.306 e. The van der Waals surface area contributed by atoms with Crippen molar-refractivity contribution in [1.29, 1.82) is 10.5 Å². The Labute approximate surface area is 415 Å². The number of amides is 1. The first-order chi connectivity index (χ1) is 34.3. The van der Waals surface area contributed by atoms with Gasteiger partial charge in [0, 0.05) is 78.4 Å². The van der Waals surface area contributed by atoms with Gasteiger partial charge in [0.25, 0.3) is 5.91 Å². The molecule has 1 aliphatic heterocycles. The van der Waals surface area contributed by atoms with Crippen LogP contribution in [0.3, 0.4) is 0 Å². The second-order valence-corrected chi connectivity index (χ2v) is 17.5. The molecule has 3 heterocycles. The number of halogens is 1. The Kier molecular flexibility index (Phi) is 17.3. The number of nitrogens with one attached hydrogen (secondary N) is 1. The lowest BCUT2D eigenvalue weighted by molar-refractivity contribution is -0.140. The lowest BCUT2D eigenvalue weighted by Gasteiger charge is -2.20. The van der Waals surface area contributed by atoms with E-state index in [0.29, 0.717) is 81.5 Å². The first kappa shape index (κ1) is 51.0. The third kappa shape index (κ3) is 13.5. The van der Waals surface area contributed by atoms with Gasteiger partial charge < -0.3 is 44.9 Å². The quantitative estimate of drug-likeness (QED) is 0.0410. The topological polar surface area (TPSA) is 248 Å². The third-order valence-corrected chi connectivity index (χ3v) is 12.3.